The van der Waals surface area contributed by atoms with E-state index in [-0.39, 0.29) is 0 Å². The lowest BCUT2D eigenvalue weighted by Crippen LogP contribution is -2.07. The molecule has 1 aromatic carbocycles. The van der Waals surface area contributed by atoms with Crippen LogP contribution in [-0.2, 0) is 0 Å². The van der Waals surface area contributed by atoms with Crippen LogP contribution in [-0.4, -0.2) is 23.5 Å². The number of aryl methyl sites for hydroxylation is 1. The van der Waals surface area contributed by atoms with E-state index in [9.17, 15) is 0 Å². The van der Waals surface area contributed by atoms with Gasteiger partial charge in [-0.25, -0.2) is 4.98 Å². The lowest BCUT2D eigenvalue weighted by atomic mass is 10.1. The van der Waals surface area contributed by atoms with Crippen molar-refractivity contribution < 1.29 is 0 Å². The molecule has 0 aliphatic heterocycles. The minimum absolute atomic E-state index is 1.01. The summed E-state index contributed by atoms with van der Waals surface area (Å²) in [7, 11) is 4.09. The van der Waals surface area contributed by atoms with Crippen LogP contribution >= 0.6 is 0 Å². The van der Waals surface area contributed by atoms with Crippen molar-refractivity contribution in [2.24, 2.45) is 0 Å². The average Bonchev–Trinajstić information content (AvgIpc) is 2.84. The first-order valence-corrected chi connectivity index (χ1v) is 6.37. The van der Waals surface area contributed by atoms with Crippen molar-refractivity contribution in [3.05, 3.63) is 54.4 Å². The summed E-state index contributed by atoms with van der Waals surface area (Å²) in [4.78, 5) is 6.80. The fourth-order valence-electron chi connectivity index (χ4n) is 2.22. The maximum Gasteiger partial charge on any atom is 0.140 e. The number of fused-ring (bicyclic) bond motifs is 1. The number of rotatable bonds is 2. The predicted octanol–water partition coefficient (Wildman–Crippen LogP) is 3.38. The molecule has 2 heterocycles. The first-order valence-electron chi connectivity index (χ1n) is 6.37. The van der Waals surface area contributed by atoms with Crippen molar-refractivity contribution in [1.29, 1.82) is 0 Å². The van der Waals surface area contributed by atoms with E-state index in [0.717, 1.165) is 16.9 Å². The number of nitrogens with zero attached hydrogens (tertiary/aromatic N) is 3. The summed E-state index contributed by atoms with van der Waals surface area (Å²) >= 11 is 0. The van der Waals surface area contributed by atoms with Crippen LogP contribution in [0.3, 0.4) is 0 Å². The Morgan fingerprint density at radius 1 is 1.05 bits per heavy atom. The lowest BCUT2D eigenvalue weighted by Gasteiger charge is -2.12. The molecule has 0 aliphatic rings. The number of imidazole rings is 1. The van der Waals surface area contributed by atoms with Gasteiger partial charge in [-0.3, -0.25) is 0 Å². The zero-order valence-electron chi connectivity index (χ0n) is 11.5. The van der Waals surface area contributed by atoms with Crippen molar-refractivity contribution in [3.8, 4) is 11.3 Å². The zero-order valence-corrected chi connectivity index (χ0v) is 11.5. The third kappa shape index (κ3) is 2.08. The molecular formula is C16H17N3. The molecule has 3 heteroatoms. The maximum atomic E-state index is 4.71. The third-order valence-electron chi connectivity index (χ3n) is 3.36. The Morgan fingerprint density at radius 3 is 2.42 bits per heavy atom. The van der Waals surface area contributed by atoms with Gasteiger partial charge in [-0.1, -0.05) is 18.2 Å². The number of benzene rings is 1. The molecule has 3 aromatic rings. The van der Waals surface area contributed by atoms with E-state index in [1.165, 1.54) is 11.3 Å². The highest BCUT2D eigenvalue weighted by Gasteiger charge is 2.06. The van der Waals surface area contributed by atoms with Crippen LogP contribution in [0.1, 0.15) is 5.56 Å². The number of hydrogen-bond acceptors (Lipinski definition) is 2. The van der Waals surface area contributed by atoms with E-state index >= 15 is 0 Å². The molecule has 2 aromatic heterocycles. The molecule has 0 fully saturated rings. The number of pyridine rings is 1. The monoisotopic (exact) mass is 251 g/mol. The van der Waals surface area contributed by atoms with Crippen molar-refractivity contribution >= 4 is 11.3 Å². The normalized spacial score (nSPS) is 10.9. The fraction of sp³-hybridized carbons (Fsp3) is 0.188. The Hall–Kier alpha value is -2.29. The molecule has 0 atom stereocenters. The van der Waals surface area contributed by atoms with Crippen LogP contribution in [0.5, 0.6) is 0 Å². The molecular weight excluding hydrogens is 234 g/mol. The van der Waals surface area contributed by atoms with Crippen molar-refractivity contribution in [3.63, 3.8) is 0 Å². The number of aromatic nitrogens is 2. The van der Waals surface area contributed by atoms with Gasteiger partial charge in [-0.05, 0) is 30.7 Å². The summed E-state index contributed by atoms with van der Waals surface area (Å²) in [5, 5.41) is 0. The molecule has 0 spiro atoms. The average molecular weight is 251 g/mol. The highest BCUT2D eigenvalue weighted by Crippen LogP contribution is 2.23. The summed E-state index contributed by atoms with van der Waals surface area (Å²) in [6.45, 7) is 2.08. The molecule has 0 amide bonds. The predicted molar refractivity (Wildman–Crippen MR) is 79.7 cm³/mol. The second-order valence-corrected chi connectivity index (χ2v) is 4.99. The molecule has 0 aliphatic carbocycles. The number of anilines is 1. The standard InChI is InChI=1S/C16H17N3/c1-12-5-4-10-19-11-15(17-16(12)19)13-6-8-14(9-7-13)18(2)3/h4-11H,1-3H3. The first-order chi connectivity index (χ1) is 9.15. The second-order valence-electron chi connectivity index (χ2n) is 4.99. The van der Waals surface area contributed by atoms with Crippen LogP contribution in [0.4, 0.5) is 5.69 Å². The largest absolute Gasteiger partial charge is 0.378 e. The molecule has 3 rings (SSSR count). The smallest absolute Gasteiger partial charge is 0.140 e. The molecule has 0 saturated carbocycles. The summed E-state index contributed by atoms with van der Waals surface area (Å²) in [5.74, 6) is 0. The molecule has 0 radical (unpaired) electrons. The van der Waals surface area contributed by atoms with Crippen LogP contribution in [0.15, 0.2) is 48.8 Å². The molecule has 0 N–H and O–H groups in total. The van der Waals surface area contributed by atoms with Crippen molar-refractivity contribution in [2.45, 2.75) is 6.92 Å². The Morgan fingerprint density at radius 2 is 1.79 bits per heavy atom. The van der Waals surface area contributed by atoms with Gasteiger partial charge in [0.15, 0.2) is 0 Å². The summed E-state index contributed by atoms with van der Waals surface area (Å²) in [6, 6.07) is 12.6. The van der Waals surface area contributed by atoms with E-state index in [2.05, 4.69) is 52.8 Å². The molecule has 0 bridgehead atoms. The van der Waals surface area contributed by atoms with Gasteiger partial charge in [-0.15, -0.1) is 0 Å². The third-order valence-corrected chi connectivity index (χ3v) is 3.36. The van der Waals surface area contributed by atoms with Crippen LogP contribution in [0, 0.1) is 6.92 Å². The Kier molecular flexibility index (Phi) is 2.75. The van der Waals surface area contributed by atoms with Crippen LogP contribution < -0.4 is 4.90 Å². The molecule has 0 unspecified atom stereocenters. The SMILES string of the molecule is Cc1cccn2cc(-c3ccc(N(C)C)cc3)nc12. The van der Waals surface area contributed by atoms with Gasteiger partial charge in [0.05, 0.1) is 5.69 Å². The van der Waals surface area contributed by atoms with Crippen LogP contribution in [0.2, 0.25) is 0 Å². The first kappa shape index (κ1) is 11.8. The minimum Gasteiger partial charge on any atom is -0.378 e. The van der Waals surface area contributed by atoms with Crippen molar-refractivity contribution in [2.75, 3.05) is 19.0 Å². The topological polar surface area (TPSA) is 20.5 Å². The van der Waals surface area contributed by atoms with Gasteiger partial charge in [0.25, 0.3) is 0 Å². The maximum absolute atomic E-state index is 4.71. The lowest BCUT2D eigenvalue weighted by molar-refractivity contribution is 1.13. The molecule has 19 heavy (non-hydrogen) atoms. The molecule has 96 valence electrons. The Balaban J connectivity index is 2.06. The van der Waals surface area contributed by atoms with Gasteiger partial charge in [0, 0.05) is 37.7 Å². The quantitative estimate of drug-likeness (QED) is 0.696. The summed E-state index contributed by atoms with van der Waals surface area (Å²) in [5.41, 5.74) is 5.57. The van der Waals surface area contributed by atoms with Gasteiger partial charge >= 0.3 is 0 Å². The number of hydrogen-bond donors (Lipinski definition) is 0. The van der Waals surface area contributed by atoms with Gasteiger partial charge < -0.3 is 9.30 Å². The highest BCUT2D eigenvalue weighted by molar-refractivity contribution is 5.66. The van der Waals surface area contributed by atoms with Gasteiger partial charge in [-0.2, -0.15) is 0 Å². The van der Waals surface area contributed by atoms with Gasteiger partial charge in [0.1, 0.15) is 5.65 Å². The Labute approximate surface area is 113 Å². The fourth-order valence-corrected chi connectivity index (χ4v) is 2.22. The summed E-state index contributed by atoms with van der Waals surface area (Å²) in [6.07, 6.45) is 4.11. The minimum atomic E-state index is 1.01. The van der Waals surface area contributed by atoms with Gasteiger partial charge in [0.2, 0.25) is 0 Å². The van der Waals surface area contributed by atoms with Crippen molar-refractivity contribution in [1.82, 2.24) is 9.38 Å². The zero-order chi connectivity index (χ0) is 13.4. The van der Waals surface area contributed by atoms with E-state index in [1.54, 1.807) is 0 Å². The van der Waals surface area contributed by atoms with E-state index < -0.39 is 0 Å². The Bertz CT molecular complexity index is 708. The molecule has 3 nitrogen and oxygen atoms in total. The summed E-state index contributed by atoms with van der Waals surface area (Å²) < 4.78 is 2.07. The van der Waals surface area contributed by atoms with E-state index in [1.807, 2.05) is 26.4 Å². The highest BCUT2D eigenvalue weighted by atomic mass is 15.1. The van der Waals surface area contributed by atoms with E-state index in [0.29, 0.717) is 0 Å². The van der Waals surface area contributed by atoms with E-state index in [4.69, 9.17) is 4.98 Å². The second kappa shape index (κ2) is 4.43. The molecule has 0 saturated heterocycles. The van der Waals surface area contributed by atoms with Crippen LogP contribution in [0.25, 0.3) is 16.9 Å².